The molecule has 1 heterocycles. The fourth-order valence-corrected chi connectivity index (χ4v) is 1.70. The highest BCUT2D eigenvalue weighted by atomic mass is 16.3. The third-order valence-electron chi connectivity index (χ3n) is 2.75. The molecule has 90 valence electrons. The molecular formula is C13H17N3O. The predicted molar refractivity (Wildman–Crippen MR) is 66.6 cm³/mol. The van der Waals surface area contributed by atoms with Crippen molar-refractivity contribution in [3.63, 3.8) is 0 Å². The molecule has 0 saturated carbocycles. The highest BCUT2D eigenvalue weighted by molar-refractivity contribution is 5.27. The van der Waals surface area contributed by atoms with E-state index in [4.69, 9.17) is 0 Å². The average molecular weight is 231 g/mol. The molecule has 0 amide bonds. The maximum Gasteiger partial charge on any atom is 0.115 e. The first-order chi connectivity index (χ1) is 8.15. The monoisotopic (exact) mass is 231 g/mol. The maximum atomic E-state index is 9.22. The molecule has 0 radical (unpaired) electrons. The second-order valence-electron chi connectivity index (χ2n) is 4.17. The summed E-state index contributed by atoms with van der Waals surface area (Å²) in [6.45, 7) is 2.83. The van der Waals surface area contributed by atoms with Crippen LogP contribution in [0.4, 0.5) is 0 Å². The molecule has 1 aromatic heterocycles. The molecular weight excluding hydrogens is 214 g/mol. The molecule has 2 aromatic rings. The summed E-state index contributed by atoms with van der Waals surface area (Å²) in [6, 6.07) is 9.48. The van der Waals surface area contributed by atoms with Crippen molar-refractivity contribution in [2.24, 2.45) is 7.05 Å². The molecule has 1 unspecified atom stereocenters. The van der Waals surface area contributed by atoms with Crippen molar-refractivity contribution in [3.8, 4) is 5.75 Å². The zero-order valence-electron chi connectivity index (χ0n) is 10.1. The molecule has 0 saturated heterocycles. The van der Waals surface area contributed by atoms with Crippen molar-refractivity contribution in [2.45, 2.75) is 19.5 Å². The van der Waals surface area contributed by atoms with Crippen molar-refractivity contribution in [1.29, 1.82) is 0 Å². The van der Waals surface area contributed by atoms with Gasteiger partial charge in [-0.3, -0.25) is 4.68 Å². The molecule has 0 aliphatic rings. The van der Waals surface area contributed by atoms with Crippen LogP contribution in [0.2, 0.25) is 0 Å². The molecule has 0 aliphatic heterocycles. The molecule has 4 heteroatoms. The van der Waals surface area contributed by atoms with Gasteiger partial charge in [-0.2, -0.15) is 5.10 Å². The first kappa shape index (κ1) is 11.7. The van der Waals surface area contributed by atoms with E-state index in [9.17, 15) is 5.11 Å². The first-order valence-electron chi connectivity index (χ1n) is 5.66. The van der Waals surface area contributed by atoms with Gasteiger partial charge in [0.25, 0.3) is 0 Å². The molecule has 4 nitrogen and oxygen atoms in total. The Kier molecular flexibility index (Phi) is 3.44. The summed E-state index contributed by atoms with van der Waals surface area (Å²) in [5.41, 5.74) is 2.18. The molecule has 1 atom stereocenters. The highest BCUT2D eigenvalue weighted by Gasteiger charge is 2.05. The molecule has 0 bridgehead atoms. The first-order valence-corrected chi connectivity index (χ1v) is 5.66. The summed E-state index contributed by atoms with van der Waals surface area (Å²) >= 11 is 0. The second-order valence-corrected chi connectivity index (χ2v) is 4.17. The van der Waals surface area contributed by atoms with E-state index >= 15 is 0 Å². The lowest BCUT2D eigenvalue weighted by Gasteiger charge is -2.13. The van der Waals surface area contributed by atoms with Gasteiger partial charge < -0.3 is 10.4 Å². The minimum Gasteiger partial charge on any atom is -0.508 e. The lowest BCUT2D eigenvalue weighted by atomic mass is 10.1. The van der Waals surface area contributed by atoms with Gasteiger partial charge >= 0.3 is 0 Å². The standard InChI is InChI=1S/C13H17N3O/c1-10(11-3-5-13(17)6-4-11)14-9-12-7-8-16(2)15-12/h3-8,10,14,17H,9H2,1-2H3. The topological polar surface area (TPSA) is 50.1 Å². The Morgan fingerprint density at radius 1 is 1.29 bits per heavy atom. The second kappa shape index (κ2) is 5.01. The minimum atomic E-state index is 0.234. The van der Waals surface area contributed by atoms with E-state index in [2.05, 4.69) is 17.3 Å². The van der Waals surface area contributed by atoms with Gasteiger partial charge in [-0.15, -0.1) is 0 Å². The number of phenols is 1. The Morgan fingerprint density at radius 3 is 2.59 bits per heavy atom. The molecule has 0 spiro atoms. The molecule has 0 fully saturated rings. The van der Waals surface area contributed by atoms with E-state index in [1.165, 1.54) is 0 Å². The number of aromatic hydroxyl groups is 1. The minimum absolute atomic E-state index is 0.234. The molecule has 1 aromatic carbocycles. The fourth-order valence-electron chi connectivity index (χ4n) is 1.70. The van der Waals surface area contributed by atoms with E-state index in [1.54, 1.807) is 16.8 Å². The molecule has 2 rings (SSSR count). The van der Waals surface area contributed by atoms with Gasteiger partial charge in [0, 0.05) is 25.8 Å². The Bertz CT molecular complexity index is 476. The molecule has 0 aliphatic carbocycles. The lowest BCUT2D eigenvalue weighted by molar-refractivity contribution is 0.474. The number of benzene rings is 1. The average Bonchev–Trinajstić information content (AvgIpc) is 2.73. The van der Waals surface area contributed by atoms with E-state index in [0.717, 1.165) is 17.8 Å². The zero-order chi connectivity index (χ0) is 12.3. The summed E-state index contributed by atoms with van der Waals surface area (Å²) in [4.78, 5) is 0. The lowest BCUT2D eigenvalue weighted by Crippen LogP contribution is -2.18. The van der Waals surface area contributed by atoms with Crippen LogP contribution in [0.1, 0.15) is 24.2 Å². The summed E-state index contributed by atoms with van der Waals surface area (Å²) in [7, 11) is 1.91. The van der Waals surface area contributed by atoms with Crippen LogP contribution in [-0.4, -0.2) is 14.9 Å². The highest BCUT2D eigenvalue weighted by Crippen LogP contribution is 2.16. The Morgan fingerprint density at radius 2 is 2.00 bits per heavy atom. The van der Waals surface area contributed by atoms with Crippen LogP contribution in [0.5, 0.6) is 5.75 Å². The van der Waals surface area contributed by atoms with E-state index in [0.29, 0.717) is 5.75 Å². The fraction of sp³-hybridized carbons (Fsp3) is 0.308. The van der Waals surface area contributed by atoms with E-state index < -0.39 is 0 Å². The van der Waals surface area contributed by atoms with Gasteiger partial charge in [0.15, 0.2) is 0 Å². The van der Waals surface area contributed by atoms with Crippen LogP contribution in [-0.2, 0) is 13.6 Å². The molecule has 2 N–H and O–H groups in total. The van der Waals surface area contributed by atoms with Crippen molar-refractivity contribution in [2.75, 3.05) is 0 Å². The van der Waals surface area contributed by atoms with Gasteiger partial charge in [0.1, 0.15) is 5.75 Å². The zero-order valence-corrected chi connectivity index (χ0v) is 10.1. The van der Waals surface area contributed by atoms with Crippen molar-refractivity contribution < 1.29 is 5.11 Å². The third kappa shape index (κ3) is 3.07. The number of hydrogen-bond acceptors (Lipinski definition) is 3. The summed E-state index contributed by atoms with van der Waals surface area (Å²) in [5, 5.41) is 16.9. The molecule has 17 heavy (non-hydrogen) atoms. The van der Waals surface area contributed by atoms with Crippen LogP contribution in [0.3, 0.4) is 0 Å². The summed E-state index contributed by atoms with van der Waals surface area (Å²) in [5.74, 6) is 0.297. The van der Waals surface area contributed by atoms with E-state index in [1.807, 2.05) is 31.4 Å². The van der Waals surface area contributed by atoms with Gasteiger partial charge in [0.2, 0.25) is 0 Å². The van der Waals surface area contributed by atoms with Crippen LogP contribution in [0.25, 0.3) is 0 Å². The van der Waals surface area contributed by atoms with Crippen molar-refractivity contribution >= 4 is 0 Å². The number of phenolic OH excluding ortho intramolecular Hbond substituents is 1. The Hall–Kier alpha value is -1.81. The number of rotatable bonds is 4. The Labute approximate surface area is 101 Å². The number of nitrogens with one attached hydrogen (secondary N) is 1. The normalized spacial score (nSPS) is 12.6. The predicted octanol–water partition coefficient (Wildman–Crippen LogP) is 1.98. The van der Waals surface area contributed by atoms with Gasteiger partial charge in [0.05, 0.1) is 5.69 Å². The van der Waals surface area contributed by atoms with Crippen LogP contribution in [0.15, 0.2) is 36.5 Å². The van der Waals surface area contributed by atoms with Crippen molar-refractivity contribution in [1.82, 2.24) is 15.1 Å². The maximum absolute atomic E-state index is 9.22. The van der Waals surface area contributed by atoms with E-state index in [-0.39, 0.29) is 6.04 Å². The SMILES string of the molecule is CC(NCc1ccn(C)n1)c1ccc(O)cc1. The van der Waals surface area contributed by atoms with Gasteiger partial charge in [-0.05, 0) is 30.7 Å². The van der Waals surface area contributed by atoms with Crippen LogP contribution >= 0.6 is 0 Å². The number of aromatic nitrogens is 2. The quantitative estimate of drug-likeness (QED) is 0.846. The van der Waals surface area contributed by atoms with Crippen LogP contribution in [0, 0.1) is 0 Å². The van der Waals surface area contributed by atoms with Crippen molar-refractivity contribution in [3.05, 3.63) is 47.8 Å². The third-order valence-corrected chi connectivity index (χ3v) is 2.75. The smallest absolute Gasteiger partial charge is 0.115 e. The summed E-state index contributed by atoms with van der Waals surface area (Å²) in [6.07, 6.45) is 1.93. The van der Waals surface area contributed by atoms with Gasteiger partial charge in [-0.1, -0.05) is 12.1 Å². The summed E-state index contributed by atoms with van der Waals surface area (Å²) < 4.78 is 1.79. The number of nitrogens with zero attached hydrogens (tertiary/aromatic N) is 2. The van der Waals surface area contributed by atoms with Crippen LogP contribution < -0.4 is 5.32 Å². The number of hydrogen-bond donors (Lipinski definition) is 2. The number of aryl methyl sites for hydroxylation is 1. The Balaban J connectivity index is 1.93. The van der Waals surface area contributed by atoms with Gasteiger partial charge in [-0.25, -0.2) is 0 Å². The largest absolute Gasteiger partial charge is 0.508 e.